The smallest absolute Gasteiger partial charge is 0.156 e. The van der Waals surface area contributed by atoms with Crippen molar-refractivity contribution in [3.8, 4) is 5.75 Å². The molecule has 1 heterocycles. The van der Waals surface area contributed by atoms with Crippen LogP contribution in [0.3, 0.4) is 0 Å². The summed E-state index contributed by atoms with van der Waals surface area (Å²) in [6, 6.07) is 16.1. The highest BCUT2D eigenvalue weighted by atomic mass is 16.5. The average Bonchev–Trinajstić information content (AvgIpc) is 2.53. The number of benzene rings is 2. The number of nitrogens with one attached hydrogen (secondary N) is 1. The fraction of sp³-hybridized carbons (Fsp3) is 0.176. The van der Waals surface area contributed by atoms with Gasteiger partial charge in [0.05, 0.1) is 12.8 Å². The third-order valence-corrected chi connectivity index (χ3v) is 3.24. The van der Waals surface area contributed by atoms with Gasteiger partial charge in [0.15, 0.2) is 5.82 Å². The second-order valence-corrected chi connectivity index (χ2v) is 4.71. The Kier molecular flexibility index (Phi) is 3.96. The quantitative estimate of drug-likeness (QED) is 0.774. The van der Waals surface area contributed by atoms with Crippen molar-refractivity contribution in [1.82, 2.24) is 10.2 Å². The fourth-order valence-corrected chi connectivity index (χ4v) is 2.26. The van der Waals surface area contributed by atoms with E-state index in [-0.39, 0.29) is 0 Å². The van der Waals surface area contributed by atoms with E-state index in [0.29, 0.717) is 13.2 Å². The van der Waals surface area contributed by atoms with Gasteiger partial charge in [0.25, 0.3) is 0 Å². The summed E-state index contributed by atoms with van der Waals surface area (Å²) in [6.45, 7) is 3.34. The summed E-state index contributed by atoms with van der Waals surface area (Å²) < 4.78 is 5.51. The van der Waals surface area contributed by atoms with E-state index in [2.05, 4.69) is 21.6 Å². The number of hydrogen-bond acceptors (Lipinski definition) is 4. The van der Waals surface area contributed by atoms with Crippen molar-refractivity contribution in [2.75, 3.05) is 11.9 Å². The zero-order chi connectivity index (χ0) is 14.5. The summed E-state index contributed by atoms with van der Waals surface area (Å²) in [5, 5.41) is 13.7. The van der Waals surface area contributed by atoms with Crippen LogP contribution >= 0.6 is 0 Å². The molecule has 106 valence electrons. The van der Waals surface area contributed by atoms with Gasteiger partial charge in [-0.3, -0.25) is 0 Å². The molecule has 0 radical (unpaired) electrons. The fourth-order valence-electron chi connectivity index (χ4n) is 2.26. The molecule has 4 heteroatoms. The van der Waals surface area contributed by atoms with Gasteiger partial charge >= 0.3 is 0 Å². The van der Waals surface area contributed by atoms with Gasteiger partial charge in [-0.25, -0.2) is 0 Å². The number of rotatable bonds is 5. The van der Waals surface area contributed by atoms with E-state index in [9.17, 15) is 0 Å². The minimum Gasteiger partial charge on any atom is -0.494 e. The maximum atomic E-state index is 5.51. The van der Waals surface area contributed by atoms with Crippen LogP contribution in [0.5, 0.6) is 5.75 Å². The molecule has 0 unspecified atom stereocenters. The van der Waals surface area contributed by atoms with E-state index in [0.717, 1.165) is 27.9 Å². The van der Waals surface area contributed by atoms with E-state index in [1.165, 1.54) is 0 Å². The molecule has 0 bridgehead atoms. The Morgan fingerprint density at radius 1 is 1.10 bits per heavy atom. The Morgan fingerprint density at radius 2 is 2.00 bits per heavy atom. The Hall–Kier alpha value is -2.62. The lowest BCUT2D eigenvalue weighted by molar-refractivity contribution is 0.340. The predicted molar refractivity (Wildman–Crippen MR) is 84.5 cm³/mol. The van der Waals surface area contributed by atoms with Crippen LogP contribution in [0.4, 0.5) is 5.82 Å². The molecule has 1 aromatic heterocycles. The molecule has 0 saturated heterocycles. The summed E-state index contributed by atoms with van der Waals surface area (Å²) in [5.74, 6) is 1.69. The minimum absolute atomic E-state index is 0.672. The van der Waals surface area contributed by atoms with E-state index in [1.807, 2.05) is 49.4 Å². The molecule has 0 amide bonds. The van der Waals surface area contributed by atoms with Gasteiger partial charge in [-0.2, -0.15) is 5.10 Å². The zero-order valence-corrected chi connectivity index (χ0v) is 11.9. The Morgan fingerprint density at radius 3 is 2.90 bits per heavy atom. The molecule has 0 atom stereocenters. The molecule has 21 heavy (non-hydrogen) atoms. The highest BCUT2D eigenvalue weighted by Gasteiger charge is 2.03. The predicted octanol–water partition coefficient (Wildman–Crippen LogP) is 3.64. The van der Waals surface area contributed by atoms with Crippen molar-refractivity contribution >= 4 is 16.6 Å². The highest BCUT2D eigenvalue weighted by Crippen LogP contribution is 2.20. The monoisotopic (exact) mass is 279 g/mol. The van der Waals surface area contributed by atoms with Crippen LogP contribution in [0.25, 0.3) is 10.8 Å². The number of aromatic nitrogens is 2. The maximum Gasteiger partial charge on any atom is 0.156 e. The molecule has 0 spiro atoms. The second-order valence-electron chi connectivity index (χ2n) is 4.71. The van der Waals surface area contributed by atoms with Crippen molar-refractivity contribution in [3.63, 3.8) is 0 Å². The molecule has 2 aromatic carbocycles. The molecule has 0 saturated carbocycles. The summed E-state index contributed by atoms with van der Waals surface area (Å²) >= 11 is 0. The molecule has 3 aromatic rings. The lowest BCUT2D eigenvalue weighted by Gasteiger charge is -2.09. The van der Waals surface area contributed by atoms with Crippen molar-refractivity contribution in [2.24, 2.45) is 0 Å². The number of nitrogens with zero attached hydrogens (tertiary/aromatic N) is 2. The van der Waals surface area contributed by atoms with Crippen LogP contribution in [0, 0.1) is 0 Å². The van der Waals surface area contributed by atoms with E-state index in [1.54, 1.807) is 6.20 Å². The number of hydrogen-bond donors (Lipinski definition) is 1. The topological polar surface area (TPSA) is 47.0 Å². The summed E-state index contributed by atoms with van der Waals surface area (Å²) in [4.78, 5) is 0. The molecular formula is C17H17N3O. The van der Waals surface area contributed by atoms with Gasteiger partial charge in [0.2, 0.25) is 0 Å². The van der Waals surface area contributed by atoms with Gasteiger partial charge in [-0.15, -0.1) is 5.10 Å². The highest BCUT2D eigenvalue weighted by molar-refractivity contribution is 5.90. The normalized spacial score (nSPS) is 10.5. The summed E-state index contributed by atoms with van der Waals surface area (Å²) in [5.41, 5.74) is 1.15. The zero-order valence-electron chi connectivity index (χ0n) is 11.9. The molecule has 1 N–H and O–H groups in total. The Bertz CT molecular complexity index is 737. The second kappa shape index (κ2) is 6.22. The van der Waals surface area contributed by atoms with Gasteiger partial charge in [-0.1, -0.05) is 36.4 Å². The van der Waals surface area contributed by atoms with Gasteiger partial charge in [0.1, 0.15) is 5.75 Å². The largest absolute Gasteiger partial charge is 0.494 e. The molecule has 4 nitrogen and oxygen atoms in total. The van der Waals surface area contributed by atoms with Crippen molar-refractivity contribution in [2.45, 2.75) is 13.5 Å². The third kappa shape index (κ3) is 3.11. The number of fused-ring (bicyclic) bond motifs is 1. The first-order valence-corrected chi connectivity index (χ1v) is 7.03. The van der Waals surface area contributed by atoms with E-state index >= 15 is 0 Å². The van der Waals surface area contributed by atoms with E-state index in [4.69, 9.17) is 4.74 Å². The van der Waals surface area contributed by atoms with Gasteiger partial charge in [-0.05, 0) is 24.6 Å². The molecular weight excluding hydrogens is 262 g/mol. The lowest BCUT2D eigenvalue weighted by atomic mass is 10.2. The van der Waals surface area contributed by atoms with Crippen LogP contribution in [-0.2, 0) is 6.54 Å². The van der Waals surface area contributed by atoms with Crippen LogP contribution in [0.1, 0.15) is 12.5 Å². The van der Waals surface area contributed by atoms with Gasteiger partial charge < -0.3 is 10.1 Å². The minimum atomic E-state index is 0.672. The SMILES string of the molecule is CCOc1cccc(CNc2nncc3ccccc23)c1. The van der Waals surface area contributed by atoms with Crippen molar-refractivity contribution in [3.05, 3.63) is 60.3 Å². The third-order valence-electron chi connectivity index (χ3n) is 3.24. The number of anilines is 1. The molecule has 0 aliphatic rings. The number of ether oxygens (including phenoxy) is 1. The van der Waals surface area contributed by atoms with Crippen LogP contribution in [0.15, 0.2) is 54.7 Å². The molecule has 0 aliphatic heterocycles. The average molecular weight is 279 g/mol. The maximum absolute atomic E-state index is 5.51. The Labute approximate surface area is 123 Å². The summed E-state index contributed by atoms with van der Waals surface area (Å²) in [7, 11) is 0. The molecule has 3 rings (SSSR count). The molecule has 0 aliphatic carbocycles. The first-order chi connectivity index (χ1) is 10.4. The molecule has 0 fully saturated rings. The van der Waals surface area contributed by atoms with Crippen LogP contribution in [0.2, 0.25) is 0 Å². The lowest BCUT2D eigenvalue weighted by Crippen LogP contribution is -2.03. The van der Waals surface area contributed by atoms with Crippen LogP contribution in [-0.4, -0.2) is 16.8 Å². The van der Waals surface area contributed by atoms with Crippen molar-refractivity contribution < 1.29 is 4.74 Å². The Balaban J connectivity index is 1.79. The van der Waals surface area contributed by atoms with Gasteiger partial charge in [0, 0.05) is 17.3 Å². The van der Waals surface area contributed by atoms with Crippen molar-refractivity contribution in [1.29, 1.82) is 0 Å². The first-order valence-electron chi connectivity index (χ1n) is 7.03. The van der Waals surface area contributed by atoms with Crippen LogP contribution < -0.4 is 10.1 Å². The standard InChI is InChI=1S/C17H17N3O/c1-2-21-15-8-5-6-13(10-15)11-18-17-16-9-4-3-7-14(16)12-19-20-17/h3-10,12H,2,11H2,1H3,(H,18,20). The van der Waals surface area contributed by atoms with E-state index < -0.39 is 0 Å². The first kappa shape index (κ1) is 13.4. The summed E-state index contributed by atoms with van der Waals surface area (Å²) in [6.07, 6.45) is 1.77.